The number of ether oxygens (including phenoxy) is 1. The molecule has 2 heterocycles. The SMILES string of the molecule is Cc1cc(OC2CCCNC2)nc(Cl)n1.Cl. The topological polar surface area (TPSA) is 47.0 Å². The quantitative estimate of drug-likeness (QED) is 0.830. The van der Waals surface area contributed by atoms with E-state index in [-0.39, 0.29) is 23.8 Å². The van der Waals surface area contributed by atoms with E-state index < -0.39 is 0 Å². The van der Waals surface area contributed by atoms with Gasteiger partial charge in [0, 0.05) is 18.3 Å². The van der Waals surface area contributed by atoms with Gasteiger partial charge < -0.3 is 10.1 Å². The van der Waals surface area contributed by atoms with Crippen LogP contribution in [-0.4, -0.2) is 29.2 Å². The van der Waals surface area contributed by atoms with Crippen molar-refractivity contribution >= 4 is 24.0 Å². The van der Waals surface area contributed by atoms with Gasteiger partial charge in [0.05, 0.1) is 0 Å². The summed E-state index contributed by atoms with van der Waals surface area (Å²) in [5.41, 5.74) is 0.828. The van der Waals surface area contributed by atoms with Crippen LogP contribution in [0.3, 0.4) is 0 Å². The maximum absolute atomic E-state index is 5.75. The number of nitrogens with one attached hydrogen (secondary N) is 1. The minimum absolute atomic E-state index is 0. The lowest BCUT2D eigenvalue weighted by Crippen LogP contribution is -2.37. The Kier molecular flexibility index (Phi) is 5.25. The first-order chi connectivity index (χ1) is 7.24. The Morgan fingerprint density at radius 1 is 1.50 bits per heavy atom. The Labute approximate surface area is 106 Å². The molecular weight excluding hydrogens is 249 g/mol. The van der Waals surface area contributed by atoms with Crippen molar-refractivity contribution in [1.29, 1.82) is 0 Å². The Morgan fingerprint density at radius 3 is 2.94 bits per heavy atom. The van der Waals surface area contributed by atoms with Gasteiger partial charge in [-0.1, -0.05) is 0 Å². The molecule has 0 amide bonds. The summed E-state index contributed by atoms with van der Waals surface area (Å²) < 4.78 is 5.72. The van der Waals surface area contributed by atoms with Crippen LogP contribution in [0.1, 0.15) is 18.5 Å². The van der Waals surface area contributed by atoms with Gasteiger partial charge in [-0.15, -0.1) is 12.4 Å². The molecule has 0 aliphatic carbocycles. The van der Waals surface area contributed by atoms with Gasteiger partial charge in [0.15, 0.2) is 0 Å². The van der Waals surface area contributed by atoms with Crippen LogP contribution in [0.2, 0.25) is 5.28 Å². The summed E-state index contributed by atoms with van der Waals surface area (Å²) >= 11 is 5.75. The molecule has 1 unspecified atom stereocenters. The molecule has 0 saturated carbocycles. The van der Waals surface area contributed by atoms with Crippen molar-refractivity contribution in [2.24, 2.45) is 0 Å². The molecule has 1 fully saturated rings. The first kappa shape index (κ1) is 13.5. The molecule has 2 rings (SSSR count). The van der Waals surface area contributed by atoms with Crippen LogP contribution < -0.4 is 10.1 Å². The van der Waals surface area contributed by atoms with Crippen LogP contribution in [0.5, 0.6) is 5.88 Å². The van der Waals surface area contributed by atoms with Crippen molar-refractivity contribution in [3.8, 4) is 5.88 Å². The number of aryl methyl sites for hydroxylation is 1. The summed E-state index contributed by atoms with van der Waals surface area (Å²) in [5.74, 6) is 0.571. The number of hydrogen-bond donors (Lipinski definition) is 1. The number of hydrogen-bond acceptors (Lipinski definition) is 4. The first-order valence-corrected chi connectivity index (χ1v) is 5.50. The molecule has 1 atom stereocenters. The molecule has 4 nitrogen and oxygen atoms in total. The van der Waals surface area contributed by atoms with Gasteiger partial charge in [0.2, 0.25) is 11.2 Å². The number of aromatic nitrogens is 2. The van der Waals surface area contributed by atoms with E-state index in [1.807, 2.05) is 6.92 Å². The van der Waals surface area contributed by atoms with E-state index in [4.69, 9.17) is 16.3 Å². The lowest BCUT2D eigenvalue weighted by Gasteiger charge is -2.23. The average Bonchev–Trinajstić information content (AvgIpc) is 2.17. The average molecular weight is 264 g/mol. The molecule has 0 spiro atoms. The van der Waals surface area contributed by atoms with Crippen LogP contribution in [0, 0.1) is 6.92 Å². The summed E-state index contributed by atoms with van der Waals surface area (Å²) in [6, 6.07) is 1.81. The predicted octanol–water partition coefficient (Wildman–Crippen LogP) is 1.99. The van der Waals surface area contributed by atoms with Crippen LogP contribution in [0.15, 0.2) is 6.07 Å². The van der Waals surface area contributed by atoms with E-state index >= 15 is 0 Å². The fourth-order valence-electron chi connectivity index (χ4n) is 1.66. The Hall–Kier alpha value is -0.580. The van der Waals surface area contributed by atoms with Gasteiger partial charge in [-0.3, -0.25) is 0 Å². The highest BCUT2D eigenvalue weighted by Crippen LogP contribution is 2.16. The third-order valence-corrected chi connectivity index (χ3v) is 2.51. The van der Waals surface area contributed by atoms with Crippen molar-refractivity contribution in [2.45, 2.75) is 25.9 Å². The van der Waals surface area contributed by atoms with Gasteiger partial charge in [-0.25, -0.2) is 4.98 Å². The van der Waals surface area contributed by atoms with E-state index in [1.54, 1.807) is 6.07 Å². The summed E-state index contributed by atoms with van der Waals surface area (Å²) in [6.07, 6.45) is 2.40. The van der Waals surface area contributed by atoms with Gasteiger partial charge >= 0.3 is 0 Å². The number of nitrogens with zero attached hydrogens (tertiary/aromatic N) is 2. The van der Waals surface area contributed by atoms with Crippen LogP contribution in [0.4, 0.5) is 0 Å². The normalized spacial score (nSPS) is 20.0. The second-order valence-electron chi connectivity index (χ2n) is 3.70. The highest BCUT2D eigenvalue weighted by atomic mass is 35.5. The zero-order valence-electron chi connectivity index (χ0n) is 9.07. The fourth-order valence-corrected chi connectivity index (χ4v) is 1.87. The minimum Gasteiger partial charge on any atom is -0.473 e. The molecule has 0 bridgehead atoms. The van der Waals surface area contributed by atoms with Crippen molar-refractivity contribution in [1.82, 2.24) is 15.3 Å². The number of rotatable bonds is 2. The number of halogens is 2. The maximum atomic E-state index is 5.75. The monoisotopic (exact) mass is 263 g/mol. The minimum atomic E-state index is 0. The second-order valence-corrected chi connectivity index (χ2v) is 4.04. The molecule has 1 N–H and O–H groups in total. The summed E-state index contributed by atoms with van der Waals surface area (Å²) in [6.45, 7) is 3.82. The standard InChI is InChI=1S/C10H14ClN3O.ClH/c1-7-5-9(14-10(11)13-7)15-8-3-2-4-12-6-8;/h5,8,12H,2-4,6H2,1H3;1H. The van der Waals surface area contributed by atoms with Gasteiger partial charge in [-0.2, -0.15) is 4.98 Å². The molecule has 90 valence electrons. The molecule has 1 aliphatic heterocycles. The molecule has 0 aromatic carbocycles. The lowest BCUT2D eigenvalue weighted by atomic mass is 10.1. The van der Waals surface area contributed by atoms with Crippen molar-refractivity contribution < 1.29 is 4.74 Å². The zero-order chi connectivity index (χ0) is 10.7. The van der Waals surface area contributed by atoms with Gasteiger partial charge in [-0.05, 0) is 37.9 Å². The summed E-state index contributed by atoms with van der Waals surface area (Å²) in [4.78, 5) is 8.02. The van der Waals surface area contributed by atoms with Crippen molar-refractivity contribution in [3.63, 3.8) is 0 Å². The highest BCUT2D eigenvalue weighted by molar-refractivity contribution is 6.28. The number of piperidine rings is 1. The molecule has 0 radical (unpaired) electrons. The smallest absolute Gasteiger partial charge is 0.225 e. The summed E-state index contributed by atoms with van der Waals surface area (Å²) in [5, 5.41) is 3.53. The van der Waals surface area contributed by atoms with E-state index in [0.717, 1.165) is 31.6 Å². The van der Waals surface area contributed by atoms with E-state index in [2.05, 4.69) is 15.3 Å². The third kappa shape index (κ3) is 3.77. The van der Waals surface area contributed by atoms with E-state index in [1.165, 1.54) is 0 Å². The molecule has 1 saturated heterocycles. The van der Waals surface area contributed by atoms with Crippen LogP contribution >= 0.6 is 24.0 Å². The van der Waals surface area contributed by atoms with Crippen LogP contribution in [0.25, 0.3) is 0 Å². The molecular formula is C10H15Cl2N3O. The molecule has 1 aliphatic rings. The summed E-state index contributed by atoms with van der Waals surface area (Å²) in [7, 11) is 0. The highest BCUT2D eigenvalue weighted by Gasteiger charge is 2.15. The van der Waals surface area contributed by atoms with Crippen LogP contribution in [-0.2, 0) is 0 Å². The molecule has 1 aromatic rings. The van der Waals surface area contributed by atoms with Gasteiger partial charge in [0.1, 0.15) is 6.10 Å². The molecule has 1 aromatic heterocycles. The largest absolute Gasteiger partial charge is 0.473 e. The first-order valence-electron chi connectivity index (χ1n) is 5.12. The Morgan fingerprint density at radius 2 is 2.31 bits per heavy atom. The van der Waals surface area contributed by atoms with Gasteiger partial charge in [0.25, 0.3) is 0 Å². The Balaban J connectivity index is 0.00000128. The Bertz CT molecular complexity index is 323. The fraction of sp³-hybridized carbons (Fsp3) is 0.600. The molecule has 16 heavy (non-hydrogen) atoms. The van der Waals surface area contributed by atoms with Crippen molar-refractivity contribution in [3.05, 3.63) is 17.0 Å². The third-order valence-electron chi connectivity index (χ3n) is 2.34. The predicted molar refractivity (Wildman–Crippen MR) is 65.5 cm³/mol. The second kappa shape index (κ2) is 6.23. The van der Waals surface area contributed by atoms with Crippen molar-refractivity contribution in [2.75, 3.05) is 13.1 Å². The van der Waals surface area contributed by atoms with E-state index in [9.17, 15) is 0 Å². The van der Waals surface area contributed by atoms with E-state index in [0.29, 0.717) is 5.88 Å². The zero-order valence-corrected chi connectivity index (χ0v) is 10.6. The molecule has 6 heteroatoms. The lowest BCUT2D eigenvalue weighted by molar-refractivity contribution is 0.160. The maximum Gasteiger partial charge on any atom is 0.225 e.